The maximum absolute atomic E-state index is 8.76. The van der Waals surface area contributed by atoms with E-state index in [1.165, 1.54) is 35.3 Å². The van der Waals surface area contributed by atoms with Gasteiger partial charge in [-0.05, 0) is 0 Å². The summed E-state index contributed by atoms with van der Waals surface area (Å²) >= 11 is 1.36. The van der Waals surface area contributed by atoms with E-state index in [0.29, 0.717) is 0 Å². The van der Waals surface area contributed by atoms with E-state index < -0.39 is 0 Å². The van der Waals surface area contributed by atoms with Crippen molar-refractivity contribution in [1.29, 1.82) is 0 Å². The molecule has 0 radical (unpaired) electrons. The second-order valence-corrected chi connectivity index (χ2v) is 4.06. The first-order chi connectivity index (χ1) is 5.36. The van der Waals surface area contributed by atoms with Gasteiger partial charge in [-0.25, -0.2) is 0 Å². The van der Waals surface area contributed by atoms with Crippen molar-refractivity contribution in [2.24, 2.45) is 0 Å². The molecule has 0 unspecified atom stereocenters. The zero-order valence-electron chi connectivity index (χ0n) is 6.96. The van der Waals surface area contributed by atoms with Crippen LogP contribution in [0, 0.1) is 0 Å². The van der Waals surface area contributed by atoms with Crippen molar-refractivity contribution >= 4 is 0 Å². The quantitative estimate of drug-likeness (QED) is 0.540. The van der Waals surface area contributed by atoms with Gasteiger partial charge >= 0.3 is 76.8 Å². The van der Waals surface area contributed by atoms with Crippen molar-refractivity contribution in [2.75, 3.05) is 0 Å². The van der Waals surface area contributed by atoms with Crippen LogP contribution in [-0.4, -0.2) is 5.11 Å². The van der Waals surface area contributed by atoms with Crippen molar-refractivity contribution < 1.29 is 47.4 Å². The predicted octanol–water partition coefficient (Wildman–Crippen LogP) is -1.31. The van der Waals surface area contributed by atoms with Crippen LogP contribution >= 0.6 is 0 Å². The van der Waals surface area contributed by atoms with Gasteiger partial charge < -0.3 is 24.0 Å². The number of benzene rings is 1. The van der Waals surface area contributed by atoms with Gasteiger partial charge in [0.1, 0.15) is 0 Å². The Kier molecular flexibility index (Phi) is 7.30. The van der Waals surface area contributed by atoms with Gasteiger partial charge in [-0.2, -0.15) is 0 Å². The third-order valence-corrected chi connectivity index (χ3v) is 2.41. The fourth-order valence-corrected chi connectivity index (χ4v) is 1.87. The number of halogens is 1. The molecule has 3 heteroatoms. The molecular formula is C9H11IOZn. The molecule has 1 aromatic rings. The van der Waals surface area contributed by atoms with Crippen molar-refractivity contribution in [2.45, 2.75) is 18.0 Å². The summed E-state index contributed by atoms with van der Waals surface area (Å²) in [6, 6.07) is 8.18. The van der Waals surface area contributed by atoms with Crippen LogP contribution in [0.5, 0.6) is 0 Å². The van der Waals surface area contributed by atoms with Gasteiger partial charge in [-0.15, -0.1) is 0 Å². The topological polar surface area (TPSA) is 20.2 Å². The first-order valence-electron chi connectivity index (χ1n) is 3.84. The minimum Gasteiger partial charge on any atom is -1.00 e. The first-order valence-corrected chi connectivity index (χ1v) is 5.94. The molecule has 0 heterocycles. The fraction of sp³-hybridized carbons (Fsp3) is 0.333. The maximum atomic E-state index is 8.76. The van der Waals surface area contributed by atoms with Crippen LogP contribution in [0.4, 0.5) is 0 Å². The molecule has 0 saturated carbocycles. The number of hydrogen-bond donors (Lipinski definition) is 1. The summed E-state index contributed by atoms with van der Waals surface area (Å²) in [5.41, 5.74) is 2.38. The number of hydrogen-bond acceptors (Lipinski definition) is 1. The van der Waals surface area contributed by atoms with Gasteiger partial charge in [0.15, 0.2) is 0 Å². The number of aliphatic hydroxyl groups is 1. The Hall–Kier alpha value is 0.533. The van der Waals surface area contributed by atoms with Gasteiger partial charge in [0.05, 0.1) is 0 Å². The molecule has 1 N–H and O–H groups in total. The molecular weight excluding hydrogens is 316 g/mol. The Morgan fingerprint density at radius 3 is 2.00 bits per heavy atom. The van der Waals surface area contributed by atoms with E-state index in [1.54, 1.807) is 0 Å². The van der Waals surface area contributed by atoms with E-state index in [4.69, 9.17) is 5.11 Å². The van der Waals surface area contributed by atoms with Crippen molar-refractivity contribution in [3.63, 3.8) is 0 Å². The standard InChI is InChI=1S/C9H11O.HI.Zn/c1-2-8-3-5-9(7-10)6-4-8;;/h3-6,10H,1-2,7H2;1H;/q;;+1/p-1. The molecule has 12 heavy (non-hydrogen) atoms. The average molecular weight is 327 g/mol. The molecule has 1 aromatic carbocycles. The van der Waals surface area contributed by atoms with E-state index in [0.717, 1.165) is 5.56 Å². The predicted molar refractivity (Wildman–Crippen MR) is 40.9 cm³/mol. The molecule has 1 nitrogen and oxygen atoms in total. The summed E-state index contributed by atoms with van der Waals surface area (Å²) in [5, 5.41) is 10.1. The average Bonchev–Trinajstić information content (AvgIpc) is 2.07. The summed E-state index contributed by atoms with van der Waals surface area (Å²) in [4.78, 5) is 0. The molecule has 0 aromatic heterocycles. The van der Waals surface area contributed by atoms with E-state index in [2.05, 4.69) is 12.1 Å². The van der Waals surface area contributed by atoms with Crippen LogP contribution in [-0.2, 0) is 31.3 Å². The van der Waals surface area contributed by atoms with Crippen LogP contribution in [0.2, 0.25) is 5.02 Å². The molecule has 0 aliphatic rings. The van der Waals surface area contributed by atoms with Crippen LogP contribution < -0.4 is 24.0 Å². The molecule has 0 aliphatic carbocycles. The van der Waals surface area contributed by atoms with E-state index in [-0.39, 0.29) is 30.6 Å². The molecule has 0 spiro atoms. The van der Waals surface area contributed by atoms with Crippen LogP contribution in [0.1, 0.15) is 11.1 Å². The minimum atomic E-state index is 0. The molecule has 0 aliphatic heterocycles. The summed E-state index contributed by atoms with van der Waals surface area (Å²) in [6.07, 6.45) is 1.19. The van der Waals surface area contributed by atoms with E-state index in [1.807, 2.05) is 12.1 Å². The van der Waals surface area contributed by atoms with Crippen LogP contribution in [0.25, 0.3) is 0 Å². The molecule has 62 valence electrons. The zero-order chi connectivity index (χ0) is 8.10. The molecule has 0 amide bonds. The van der Waals surface area contributed by atoms with E-state index >= 15 is 0 Å². The third kappa shape index (κ3) is 3.97. The van der Waals surface area contributed by atoms with Crippen molar-refractivity contribution in [3.8, 4) is 0 Å². The fourth-order valence-electron chi connectivity index (χ4n) is 1.02. The molecule has 0 fully saturated rings. The Bertz CT molecular complexity index is 210. The second kappa shape index (κ2) is 6.99. The molecule has 0 bridgehead atoms. The van der Waals surface area contributed by atoms with Crippen molar-refractivity contribution in [3.05, 3.63) is 35.4 Å². The normalized spacial score (nSPS) is 9.25. The number of rotatable bonds is 3. The number of aryl methyl sites for hydroxylation is 1. The first kappa shape index (κ1) is 12.5. The van der Waals surface area contributed by atoms with Crippen LogP contribution in [0.15, 0.2) is 24.3 Å². The Labute approximate surface area is 100 Å². The Morgan fingerprint density at radius 2 is 1.58 bits per heavy atom. The zero-order valence-corrected chi connectivity index (χ0v) is 12.1. The summed E-state index contributed by atoms with van der Waals surface area (Å²) in [7, 11) is 0. The Morgan fingerprint density at radius 1 is 1.08 bits per heavy atom. The molecule has 1 rings (SSSR count). The third-order valence-electron chi connectivity index (χ3n) is 1.67. The van der Waals surface area contributed by atoms with Gasteiger partial charge in [0.25, 0.3) is 0 Å². The van der Waals surface area contributed by atoms with Crippen molar-refractivity contribution in [1.82, 2.24) is 0 Å². The van der Waals surface area contributed by atoms with Gasteiger partial charge in [-0.1, -0.05) is 0 Å². The molecule has 0 atom stereocenters. The van der Waals surface area contributed by atoms with Gasteiger partial charge in [0, 0.05) is 0 Å². The van der Waals surface area contributed by atoms with E-state index in [9.17, 15) is 0 Å². The SMILES string of the molecule is OCc1ccc(C[CH2][Zn+])cc1.[I-]. The summed E-state index contributed by atoms with van der Waals surface area (Å²) in [5.74, 6) is 0. The van der Waals surface area contributed by atoms with Gasteiger partial charge in [0.2, 0.25) is 0 Å². The Balaban J connectivity index is 0.00000121. The number of aliphatic hydroxyl groups excluding tert-OH is 1. The maximum Gasteiger partial charge on any atom is -1.00 e. The summed E-state index contributed by atoms with van der Waals surface area (Å²) in [6.45, 7) is 0.153. The van der Waals surface area contributed by atoms with Crippen LogP contribution in [0.3, 0.4) is 0 Å². The smallest absolute Gasteiger partial charge is 1.00 e. The monoisotopic (exact) mass is 326 g/mol. The molecule has 0 saturated heterocycles. The second-order valence-electron chi connectivity index (χ2n) is 2.58. The minimum absolute atomic E-state index is 0. The summed E-state index contributed by atoms with van der Waals surface area (Å²) < 4.78 is 0. The van der Waals surface area contributed by atoms with Gasteiger partial charge in [-0.3, -0.25) is 0 Å². The largest absolute Gasteiger partial charge is 1.00 e.